The van der Waals surface area contributed by atoms with E-state index in [4.69, 9.17) is 4.74 Å². The Morgan fingerprint density at radius 2 is 1.93 bits per heavy atom. The Labute approximate surface area is 168 Å². The summed E-state index contributed by atoms with van der Waals surface area (Å²) >= 11 is 0. The van der Waals surface area contributed by atoms with Crippen molar-refractivity contribution >= 4 is 16.8 Å². The lowest BCUT2D eigenvalue weighted by Crippen LogP contribution is -2.27. The number of hydrogen-bond donors (Lipinski definition) is 1. The number of hydrogen-bond acceptors (Lipinski definition) is 5. The smallest absolute Gasteiger partial charge is 0.253 e. The van der Waals surface area contributed by atoms with Crippen molar-refractivity contribution in [3.05, 3.63) is 78.0 Å². The monoisotopic (exact) mass is 387 g/mol. The third-order valence-corrected chi connectivity index (χ3v) is 4.88. The predicted molar refractivity (Wildman–Crippen MR) is 110 cm³/mol. The zero-order valence-corrected chi connectivity index (χ0v) is 16.5. The molecule has 0 fully saturated rings. The van der Waals surface area contributed by atoms with E-state index in [0.29, 0.717) is 11.3 Å². The third-order valence-electron chi connectivity index (χ3n) is 4.88. The molecule has 0 aliphatic rings. The van der Waals surface area contributed by atoms with Gasteiger partial charge >= 0.3 is 0 Å². The van der Waals surface area contributed by atoms with Crippen molar-refractivity contribution in [2.75, 3.05) is 7.11 Å². The van der Waals surface area contributed by atoms with Gasteiger partial charge in [-0.2, -0.15) is 5.10 Å². The number of nitrogens with one attached hydrogen (secondary N) is 1. The number of aromatic nitrogens is 4. The molecule has 146 valence electrons. The molecule has 7 heteroatoms. The average Bonchev–Trinajstić information content (AvgIpc) is 3.27. The number of carbonyl (C=O) groups excluding carboxylic acids is 1. The number of ether oxygens (including phenoxy) is 1. The summed E-state index contributed by atoms with van der Waals surface area (Å²) in [5.74, 6) is 0.588. The van der Waals surface area contributed by atoms with Crippen LogP contribution in [0.3, 0.4) is 0 Å². The fourth-order valence-corrected chi connectivity index (χ4v) is 3.22. The van der Waals surface area contributed by atoms with Crippen LogP contribution in [0.15, 0.2) is 61.2 Å². The summed E-state index contributed by atoms with van der Waals surface area (Å²) in [6.07, 6.45) is 3.14. The van der Waals surface area contributed by atoms with Gasteiger partial charge in [-0.3, -0.25) is 9.78 Å². The first-order chi connectivity index (χ1) is 14.0. The molecule has 4 aromatic rings. The van der Waals surface area contributed by atoms with Gasteiger partial charge in [-0.15, -0.1) is 0 Å². The lowest BCUT2D eigenvalue weighted by Gasteiger charge is -2.16. The number of amides is 1. The Hall–Kier alpha value is -3.74. The van der Waals surface area contributed by atoms with Crippen molar-refractivity contribution < 1.29 is 9.53 Å². The van der Waals surface area contributed by atoms with Crippen LogP contribution < -0.4 is 10.1 Å². The van der Waals surface area contributed by atoms with Crippen molar-refractivity contribution in [3.8, 4) is 11.4 Å². The van der Waals surface area contributed by atoms with E-state index in [9.17, 15) is 4.79 Å². The SMILES string of the molecule is COc1ccc2cc(C(=O)NC(C)c3ccc(-n4cncn4)cc3)c(C)nc2c1. The minimum atomic E-state index is -0.154. The zero-order chi connectivity index (χ0) is 20.4. The summed E-state index contributed by atoms with van der Waals surface area (Å²) in [7, 11) is 1.62. The van der Waals surface area contributed by atoms with Gasteiger partial charge in [0.15, 0.2) is 0 Å². The molecule has 2 aromatic carbocycles. The van der Waals surface area contributed by atoms with E-state index >= 15 is 0 Å². The lowest BCUT2D eigenvalue weighted by molar-refractivity contribution is 0.0939. The number of pyridine rings is 1. The van der Waals surface area contributed by atoms with Crippen LogP contribution in [0.5, 0.6) is 5.75 Å². The summed E-state index contributed by atoms with van der Waals surface area (Å²) in [6, 6.07) is 15.2. The van der Waals surface area contributed by atoms with E-state index in [1.165, 1.54) is 6.33 Å². The number of fused-ring (bicyclic) bond motifs is 1. The fourth-order valence-electron chi connectivity index (χ4n) is 3.22. The van der Waals surface area contributed by atoms with Crippen molar-refractivity contribution in [1.82, 2.24) is 25.1 Å². The van der Waals surface area contributed by atoms with Crippen molar-refractivity contribution in [1.29, 1.82) is 0 Å². The second-order valence-corrected chi connectivity index (χ2v) is 6.81. The second kappa shape index (κ2) is 7.71. The number of nitrogens with zero attached hydrogens (tertiary/aromatic N) is 4. The number of carbonyl (C=O) groups is 1. The van der Waals surface area contributed by atoms with Gasteiger partial charge in [0, 0.05) is 11.5 Å². The van der Waals surface area contributed by atoms with Gasteiger partial charge in [0.25, 0.3) is 5.91 Å². The summed E-state index contributed by atoms with van der Waals surface area (Å²) in [4.78, 5) is 21.4. The number of methoxy groups -OCH3 is 1. The largest absolute Gasteiger partial charge is 0.497 e. The van der Waals surface area contributed by atoms with Crippen molar-refractivity contribution in [2.45, 2.75) is 19.9 Å². The molecular formula is C22H21N5O2. The number of aryl methyl sites for hydroxylation is 1. The first-order valence-corrected chi connectivity index (χ1v) is 9.26. The Morgan fingerprint density at radius 1 is 1.14 bits per heavy atom. The van der Waals surface area contributed by atoms with Crippen LogP contribution >= 0.6 is 0 Å². The van der Waals surface area contributed by atoms with Crippen LogP contribution in [-0.2, 0) is 0 Å². The topological polar surface area (TPSA) is 81.9 Å². The first-order valence-electron chi connectivity index (χ1n) is 9.26. The van der Waals surface area contributed by atoms with Crippen LogP contribution in [0.1, 0.15) is 34.6 Å². The summed E-state index contributed by atoms with van der Waals surface area (Å²) in [6.45, 7) is 3.79. The molecule has 2 aromatic heterocycles. The normalized spacial score (nSPS) is 12.0. The molecule has 4 rings (SSSR count). The Bertz CT molecular complexity index is 1150. The molecule has 0 spiro atoms. The van der Waals surface area contributed by atoms with E-state index in [-0.39, 0.29) is 11.9 Å². The van der Waals surface area contributed by atoms with Gasteiger partial charge in [0.2, 0.25) is 0 Å². The Balaban J connectivity index is 1.53. The van der Waals surface area contributed by atoms with Crippen LogP contribution in [-0.4, -0.2) is 32.8 Å². The molecule has 0 saturated carbocycles. The Kier molecular flexibility index (Phi) is 4.95. The van der Waals surface area contributed by atoms with Gasteiger partial charge in [-0.05, 0) is 49.7 Å². The zero-order valence-electron chi connectivity index (χ0n) is 16.5. The molecule has 0 saturated heterocycles. The molecule has 0 radical (unpaired) electrons. The summed E-state index contributed by atoms with van der Waals surface area (Å²) < 4.78 is 6.93. The third kappa shape index (κ3) is 3.80. The highest BCUT2D eigenvalue weighted by Gasteiger charge is 2.15. The van der Waals surface area contributed by atoms with Crippen molar-refractivity contribution in [3.63, 3.8) is 0 Å². The lowest BCUT2D eigenvalue weighted by atomic mass is 10.1. The quantitative estimate of drug-likeness (QED) is 0.566. The molecule has 1 atom stereocenters. The van der Waals surface area contributed by atoms with Gasteiger partial charge in [0.05, 0.1) is 35.6 Å². The molecule has 1 unspecified atom stereocenters. The molecule has 0 aliphatic heterocycles. The van der Waals surface area contributed by atoms with Crippen LogP contribution in [0.2, 0.25) is 0 Å². The van der Waals surface area contributed by atoms with E-state index in [2.05, 4.69) is 20.4 Å². The predicted octanol–water partition coefficient (Wildman–Crippen LogP) is 3.62. The van der Waals surface area contributed by atoms with Gasteiger partial charge in [-0.1, -0.05) is 12.1 Å². The molecule has 7 nitrogen and oxygen atoms in total. The first kappa shape index (κ1) is 18.6. The van der Waals surface area contributed by atoms with E-state index < -0.39 is 0 Å². The maximum absolute atomic E-state index is 12.9. The van der Waals surface area contributed by atoms with E-state index in [1.54, 1.807) is 18.1 Å². The molecule has 29 heavy (non-hydrogen) atoms. The summed E-state index contributed by atoms with van der Waals surface area (Å²) in [5.41, 5.74) is 3.95. The van der Waals surface area contributed by atoms with Gasteiger partial charge < -0.3 is 10.1 Å². The maximum Gasteiger partial charge on any atom is 0.253 e. The van der Waals surface area contributed by atoms with Crippen LogP contribution in [0, 0.1) is 6.92 Å². The maximum atomic E-state index is 12.9. The second-order valence-electron chi connectivity index (χ2n) is 6.81. The minimum Gasteiger partial charge on any atom is -0.497 e. The van der Waals surface area contributed by atoms with E-state index in [0.717, 1.165) is 27.9 Å². The number of rotatable bonds is 5. The fraction of sp³-hybridized carbons (Fsp3) is 0.182. The standard InChI is InChI=1S/C22H21N5O2/c1-14(16-4-7-18(8-5-16)27-13-23-12-24-27)26-22(28)20-10-17-6-9-19(29-3)11-21(17)25-15(20)2/h4-14H,1-3H3,(H,26,28). The van der Waals surface area contributed by atoms with Crippen LogP contribution in [0.25, 0.3) is 16.6 Å². The van der Waals surface area contributed by atoms with Gasteiger partial charge in [0.1, 0.15) is 18.4 Å². The molecule has 0 bridgehead atoms. The Morgan fingerprint density at radius 3 is 2.62 bits per heavy atom. The highest BCUT2D eigenvalue weighted by Crippen LogP contribution is 2.22. The molecule has 1 N–H and O–H groups in total. The minimum absolute atomic E-state index is 0.152. The highest BCUT2D eigenvalue weighted by molar-refractivity contribution is 5.99. The van der Waals surface area contributed by atoms with Crippen molar-refractivity contribution in [2.24, 2.45) is 0 Å². The van der Waals surface area contributed by atoms with E-state index in [1.807, 2.05) is 62.4 Å². The van der Waals surface area contributed by atoms with Gasteiger partial charge in [-0.25, -0.2) is 9.67 Å². The average molecular weight is 387 g/mol. The molecule has 0 aliphatic carbocycles. The molecule has 2 heterocycles. The molecule has 1 amide bonds. The summed E-state index contributed by atoms with van der Waals surface area (Å²) in [5, 5.41) is 8.07. The molecular weight excluding hydrogens is 366 g/mol. The highest BCUT2D eigenvalue weighted by atomic mass is 16.5. The number of benzene rings is 2. The van der Waals surface area contributed by atoms with Crippen LogP contribution in [0.4, 0.5) is 0 Å².